The van der Waals surface area contributed by atoms with E-state index in [9.17, 15) is 13.2 Å². The first-order chi connectivity index (χ1) is 16.8. The highest BCUT2D eigenvalue weighted by molar-refractivity contribution is 7.88. The number of piperazine rings is 1. The Hall–Kier alpha value is -3.50. The van der Waals surface area contributed by atoms with Gasteiger partial charge in [-0.15, -0.1) is 0 Å². The number of nitrogens with zero attached hydrogens (tertiary/aromatic N) is 5. The maximum Gasteiger partial charge on any atom is 0.254 e. The molecule has 0 saturated carbocycles. The van der Waals surface area contributed by atoms with Crippen LogP contribution in [0.3, 0.4) is 0 Å². The molecule has 0 N–H and O–H groups in total. The van der Waals surface area contributed by atoms with Gasteiger partial charge >= 0.3 is 0 Å². The molecule has 0 atom stereocenters. The quantitative estimate of drug-likeness (QED) is 0.407. The molecule has 0 bridgehead atoms. The number of furan rings is 1. The van der Waals surface area contributed by atoms with E-state index in [0.717, 1.165) is 5.56 Å². The van der Waals surface area contributed by atoms with Crippen LogP contribution in [-0.4, -0.2) is 64.5 Å². The van der Waals surface area contributed by atoms with E-state index < -0.39 is 10.0 Å². The van der Waals surface area contributed by atoms with Crippen LogP contribution in [0.1, 0.15) is 35.8 Å². The van der Waals surface area contributed by atoms with Crippen molar-refractivity contribution < 1.29 is 17.6 Å². The van der Waals surface area contributed by atoms with Crippen molar-refractivity contribution in [2.24, 2.45) is 0 Å². The summed E-state index contributed by atoms with van der Waals surface area (Å²) in [5.41, 5.74) is 2.39. The second-order valence-corrected chi connectivity index (χ2v) is 10.9. The first-order valence-electron chi connectivity index (χ1n) is 11.6. The van der Waals surface area contributed by atoms with Crippen LogP contribution in [0.4, 0.5) is 0 Å². The minimum atomic E-state index is -3.47. The molecule has 5 rings (SSSR count). The molecule has 182 valence electrons. The maximum atomic E-state index is 13.6. The van der Waals surface area contributed by atoms with E-state index in [1.807, 2.05) is 32.0 Å². The molecule has 1 amide bonds. The maximum absolute atomic E-state index is 13.6. The fraction of sp³-hybridized carbons (Fsp3) is 0.320. The van der Waals surface area contributed by atoms with Gasteiger partial charge in [0.15, 0.2) is 11.4 Å². The van der Waals surface area contributed by atoms with Gasteiger partial charge in [0, 0.05) is 32.2 Å². The lowest BCUT2D eigenvalue weighted by Crippen LogP contribution is -2.50. The Bertz CT molecular complexity index is 1440. The highest BCUT2D eigenvalue weighted by atomic mass is 32.2. The molecule has 0 unspecified atom stereocenters. The van der Waals surface area contributed by atoms with Gasteiger partial charge in [-0.05, 0) is 37.6 Å². The molecule has 35 heavy (non-hydrogen) atoms. The van der Waals surface area contributed by atoms with Gasteiger partial charge < -0.3 is 9.32 Å². The summed E-state index contributed by atoms with van der Waals surface area (Å²) in [6.07, 6.45) is 3.24. The highest BCUT2D eigenvalue weighted by Crippen LogP contribution is 2.28. The molecule has 1 saturated heterocycles. The van der Waals surface area contributed by atoms with Crippen LogP contribution in [0.5, 0.6) is 0 Å². The number of hydrogen-bond acceptors (Lipinski definition) is 6. The molecule has 0 spiro atoms. The molecule has 1 aliphatic heterocycles. The zero-order chi connectivity index (χ0) is 24.6. The number of rotatable bonds is 6. The third-order valence-electron chi connectivity index (χ3n) is 6.17. The summed E-state index contributed by atoms with van der Waals surface area (Å²) in [6, 6.07) is 14.5. The number of aromatic nitrogens is 3. The number of carbonyl (C=O) groups is 1. The Labute approximate surface area is 204 Å². The minimum Gasteiger partial charge on any atom is -0.463 e. The molecule has 10 heteroatoms. The molecule has 0 aliphatic carbocycles. The third-order valence-corrected chi connectivity index (χ3v) is 8.02. The van der Waals surface area contributed by atoms with Crippen LogP contribution in [0.15, 0.2) is 65.4 Å². The van der Waals surface area contributed by atoms with Crippen molar-refractivity contribution in [3.8, 4) is 11.5 Å². The summed E-state index contributed by atoms with van der Waals surface area (Å²) >= 11 is 0. The molecule has 0 radical (unpaired) electrons. The highest BCUT2D eigenvalue weighted by Gasteiger charge is 2.31. The standard InChI is InChI=1S/C25H27N5O4S/c1-18(2)30-24-21(16-26-30)20(15-22(27-24)23-9-6-14-34-23)25(31)28-10-12-29(13-11-28)35(32,33)17-19-7-4-3-5-8-19/h3-9,14-16,18H,10-13,17H2,1-2H3. The molecule has 9 nitrogen and oxygen atoms in total. The van der Waals surface area contributed by atoms with Gasteiger partial charge in [-0.1, -0.05) is 30.3 Å². The molecule has 1 aliphatic rings. The first kappa shape index (κ1) is 23.3. The van der Waals surface area contributed by atoms with E-state index in [2.05, 4.69) is 5.10 Å². The summed E-state index contributed by atoms with van der Waals surface area (Å²) in [6.45, 7) is 5.14. The predicted octanol–water partition coefficient (Wildman–Crippen LogP) is 3.56. The van der Waals surface area contributed by atoms with Crippen LogP contribution in [0.2, 0.25) is 0 Å². The van der Waals surface area contributed by atoms with Gasteiger partial charge in [0.25, 0.3) is 5.91 Å². The second kappa shape index (κ2) is 9.27. The number of carbonyl (C=O) groups excluding carboxylic acids is 1. The average molecular weight is 494 g/mol. The van der Waals surface area contributed by atoms with Crippen LogP contribution < -0.4 is 0 Å². The minimum absolute atomic E-state index is 0.0480. The van der Waals surface area contributed by atoms with Gasteiger partial charge in [0.05, 0.1) is 29.2 Å². The average Bonchev–Trinajstić information content (AvgIpc) is 3.54. The van der Waals surface area contributed by atoms with Crippen molar-refractivity contribution >= 4 is 27.0 Å². The van der Waals surface area contributed by atoms with Crippen molar-refractivity contribution in [1.82, 2.24) is 24.0 Å². The second-order valence-electron chi connectivity index (χ2n) is 8.89. The van der Waals surface area contributed by atoms with Crippen LogP contribution >= 0.6 is 0 Å². The summed E-state index contributed by atoms with van der Waals surface area (Å²) in [4.78, 5) is 20.0. The van der Waals surface area contributed by atoms with Crippen molar-refractivity contribution in [1.29, 1.82) is 0 Å². The smallest absolute Gasteiger partial charge is 0.254 e. The van der Waals surface area contributed by atoms with E-state index >= 15 is 0 Å². The van der Waals surface area contributed by atoms with E-state index in [4.69, 9.17) is 9.40 Å². The Kier molecular flexibility index (Phi) is 6.16. The zero-order valence-electron chi connectivity index (χ0n) is 19.7. The summed E-state index contributed by atoms with van der Waals surface area (Å²) in [7, 11) is -3.47. The monoisotopic (exact) mass is 493 g/mol. The molecular formula is C25H27N5O4S. The first-order valence-corrected chi connectivity index (χ1v) is 13.2. The predicted molar refractivity (Wildman–Crippen MR) is 132 cm³/mol. The normalized spacial score (nSPS) is 15.2. The molecule has 1 aromatic carbocycles. The Morgan fingerprint density at radius 2 is 1.80 bits per heavy atom. The van der Waals surface area contributed by atoms with Gasteiger partial charge in [0.1, 0.15) is 5.69 Å². The Morgan fingerprint density at radius 1 is 1.06 bits per heavy atom. The Balaban J connectivity index is 1.39. The summed E-state index contributed by atoms with van der Waals surface area (Å²) in [5, 5.41) is 5.12. The van der Waals surface area contributed by atoms with Gasteiger partial charge in [0.2, 0.25) is 10.0 Å². The van der Waals surface area contributed by atoms with E-state index in [-0.39, 0.29) is 30.8 Å². The van der Waals surface area contributed by atoms with E-state index in [1.54, 1.807) is 52.4 Å². The number of amides is 1. The van der Waals surface area contributed by atoms with Crippen LogP contribution in [-0.2, 0) is 15.8 Å². The van der Waals surface area contributed by atoms with Crippen molar-refractivity contribution in [3.05, 3.63) is 72.1 Å². The zero-order valence-corrected chi connectivity index (χ0v) is 20.5. The van der Waals surface area contributed by atoms with Crippen molar-refractivity contribution in [2.75, 3.05) is 26.2 Å². The van der Waals surface area contributed by atoms with Gasteiger partial charge in [-0.3, -0.25) is 4.79 Å². The molecular weight excluding hydrogens is 466 g/mol. The fourth-order valence-corrected chi connectivity index (χ4v) is 5.86. The molecule has 3 aromatic heterocycles. The van der Waals surface area contributed by atoms with E-state index in [1.165, 1.54) is 4.31 Å². The number of fused-ring (bicyclic) bond motifs is 1. The van der Waals surface area contributed by atoms with Crippen molar-refractivity contribution in [2.45, 2.75) is 25.6 Å². The lowest BCUT2D eigenvalue weighted by Gasteiger charge is -2.34. The number of hydrogen-bond donors (Lipinski definition) is 0. The third kappa shape index (κ3) is 4.59. The number of sulfonamides is 1. The molecule has 4 aromatic rings. The van der Waals surface area contributed by atoms with Gasteiger partial charge in [-0.25, -0.2) is 18.1 Å². The van der Waals surface area contributed by atoms with Crippen LogP contribution in [0, 0.1) is 0 Å². The SMILES string of the molecule is CC(C)n1ncc2c(C(=O)N3CCN(S(=O)(=O)Cc4ccccc4)CC3)cc(-c3ccco3)nc21. The van der Waals surface area contributed by atoms with Crippen LogP contribution in [0.25, 0.3) is 22.5 Å². The fourth-order valence-electron chi connectivity index (χ4n) is 4.34. The van der Waals surface area contributed by atoms with Gasteiger partial charge in [-0.2, -0.15) is 9.40 Å². The summed E-state index contributed by atoms with van der Waals surface area (Å²) < 4.78 is 34.6. The number of pyridine rings is 1. The largest absolute Gasteiger partial charge is 0.463 e. The Morgan fingerprint density at radius 3 is 2.46 bits per heavy atom. The molecule has 4 heterocycles. The topological polar surface area (TPSA) is 102 Å². The van der Waals surface area contributed by atoms with E-state index in [0.29, 0.717) is 41.1 Å². The summed E-state index contributed by atoms with van der Waals surface area (Å²) in [5.74, 6) is 0.344. The lowest BCUT2D eigenvalue weighted by atomic mass is 10.1. The van der Waals surface area contributed by atoms with Crippen molar-refractivity contribution in [3.63, 3.8) is 0 Å². The lowest BCUT2D eigenvalue weighted by molar-refractivity contribution is 0.0699. The number of benzene rings is 1. The molecule has 1 fully saturated rings.